The van der Waals surface area contributed by atoms with Crippen LogP contribution in [0.3, 0.4) is 0 Å². The normalized spacial score (nSPS) is 10.7. The Hall–Kier alpha value is -2.98. The molecule has 0 fully saturated rings. The van der Waals surface area contributed by atoms with Crippen LogP contribution in [0.5, 0.6) is 23.0 Å². The smallest absolute Gasteiger partial charge is 0.275 e. The lowest BCUT2D eigenvalue weighted by atomic mass is 10.2. The maximum atomic E-state index is 12.5. The fourth-order valence-electron chi connectivity index (χ4n) is 3.04. The van der Waals surface area contributed by atoms with Crippen molar-refractivity contribution in [2.24, 2.45) is 5.10 Å². The third kappa shape index (κ3) is 6.54. The highest BCUT2D eigenvalue weighted by Gasteiger charge is 2.14. The molecule has 1 N–H and O–H groups in total. The molecule has 34 heavy (non-hydrogen) atoms. The molecule has 0 bridgehead atoms. The molecule has 178 valence electrons. The highest BCUT2D eigenvalue weighted by Crippen LogP contribution is 2.35. The summed E-state index contributed by atoms with van der Waals surface area (Å²) in [5, 5.41) is 4.73. The molecule has 0 spiro atoms. The Balaban J connectivity index is 1.74. The SMILES string of the molecule is CCOc1cc(/C=N\NC(=O)c2ccc(OC)cc2OC)cc(I)c1OCc1ccccc1Cl. The van der Waals surface area contributed by atoms with E-state index in [1.165, 1.54) is 13.3 Å². The second-order valence-electron chi connectivity index (χ2n) is 6.91. The third-order valence-electron chi connectivity index (χ3n) is 4.69. The van der Waals surface area contributed by atoms with Gasteiger partial charge >= 0.3 is 0 Å². The maximum absolute atomic E-state index is 12.5. The summed E-state index contributed by atoms with van der Waals surface area (Å²) in [6.45, 7) is 2.67. The molecule has 0 radical (unpaired) electrons. The summed E-state index contributed by atoms with van der Waals surface area (Å²) in [6, 6.07) is 16.1. The summed E-state index contributed by atoms with van der Waals surface area (Å²) in [7, 11) is 3.03. The summed E-state index contributed by atoms with van der Waals surface area (Å²) in [5.41, 5.74) is 4.48. The highest BCUT2D eigenvalue weighted by atomic mass is 127. The van der Waals surface area contributed by atoms with E-state index in [0.717, 1.165) is 14.7 Å². The van der Waals surface area contributed by atoms with Crippen LogP contribution in [0, 0.1) is 3.57 Å². The predicted octanol–water partition coefficient (Wildman–Crippen LogP) is 5.70. The van der Waals surface area contributed by atoms with Crippen LogP contribution in [-0.4, -0.2) is 32.9 Å². The van der Waals surface area contributed by atoms with Gasteiger partial charge in [0.05, 0.1) is 36.2 Å². The van der Waals surface area contributed by atoms with E-state index in [2.05, 4.69) is 33.1 Å². The molecule has 0 aliphatic heterocycles. The Morgan fingerprint density at radius 3 is 2.56 bits per heavy atom. The summed E-state index contributed by atoms with van der Waals surface area (Å²) >= 11 is 8.42. The number of methoxy groups -OCH3 is 2. The number of hydrogen-bond acceptors (Lipinski definition) is 6. The quantitative estimate of drug-likeness (QED) is 0.185. The van der Waals surface area contributed by atoms with Crippen LogP contribution in [0.4, 0.5) is 0 Å². The number of hydrogen-bond donors (Lipinski definition) is 1. The number of benzene rings is 3. The lowest BCUT2D eigenvalue weighted by molar-refractivity contribution is 0.0952. The van der Waals surface area contributed by atoms with Crippen LogP contribution in [0.25, 0.3) is 0 Å². The average Bonchev–Trinajstić information content (AvgIpc) is 2.84. The van der Waals surface area contributed by atoms with E-state index in [1.54, 1.807) is 31.4 Å². The van der Waals surface area contributed by atoms with Crippen molar-refractivity contribution in [2.45, 2.75) is 13.5 Å². The van der Waals surface area contributed by atoms with Gasteiger partial charge in [-0.25, -0.2) is 5.43 Å². The van der Waals surface area contributed by atoms with E-state index < -0.39 is 5.91 Å². The maximum Gasteiger partial charge on any atom is 0.275 e. The van der Waals surface area contributed by atoms with Gasteiger partial charge in [-0.15, -0.1) is 0 Å². The number of nitrogens with zero attached hydrogens (tertiary/aromatic N) is 1. The zero-order valence-electron chi connectivity index (χ0n) is 18.9. The van der Waals surface area contributed by atoms with Crippen molar-refractivity contribution in [2.75, 3.05) is 20.8 Å². The number of ether oxygens (including phenoxy) is 4. The molecule has 0 aliphatic carbocycles. The zero-order chi connectivity index (χ0) is 24.5. The van der Waals surface area contributed by atoms with Gasteiger partial charge < -0.3 is 18.9 Å². The number of carbonyl (C=O) groups excluding carboxylic acids is 1. The minimum atomic E-state index is -0.407. The first-order valence-corrected chi connectivity index (χ1v) is 11.8. The zero-order valence-corrected chi connectivity index (χ0v) is 21.8. The van der Waals surface area contributed by atoms with E-state index in [9.17, 15) is 4.79 Å². The Bertz CT molecular complexity index is 1190. The van der Waals surface area contributed by atoms with Crippen molar-refractivity contribution in [3.8, 4) is 23.0 Å². The summed E-state index contributed by atoms with van der Waals surface area (Å²) in [6.07, 6.45) is 1.54. The predicted molar refractivity (Wildman–Crippen MR) is 141 cm³/mol. The second-order valence-corrected chi connectivity index (χ2v) is 8.48. The summed E-state index contributed by atoms with van der Waals surface area (Å²) < 4.78 is 23.1. The topological polar surface area (TPSA) is 78.4 Å². The molecule has 0 heterocycles. The van der Waals surface area contributed by atoms with Crippen molar-refractivity contribution in [3.05, 3.63) is 79.9 Å². The average molecular weight is 595 g/mol. The van der Waals surface area contributed by atoms with Gasteiger partial charge in [-0.05, 0) is 65.4 Å². The molecule has 3 rings (SSSR count). The van der Waals surface area contributed by atoms with E-state index >= 15 is 0 Å². The van der Waals surface area contributed by atoms with Crippen LogP contribution in [-0.2, 0) is 6.61 Å². The molecule has 0 atom stereocenters. The molecule has 0 saturated carbocycles. The fourth-order valence-corrected chi connectivity index (χ4v) is 4.01. The Morgan fingerprint density at radius 2 is 1.85 bits per heavy atom. The van der Waals surface area contributed by atoms with Gasteiger partial charge in [0.2, 0.25) is 0 Å². The molecule has 0 unspecified atom stereocenters. The van der Waals surface area contributed by atoms with Gasteiger partial charge in [-0.2, -0.15) is 5.10 Å². The monoisotopic (exact) mass is 594 g/mol. The standard InChI is InChI=1S/C25H24ClIN2O5/c1-4-33-23-12-16(11-21(27)24(23)34-15-17-7-5-6-8-20(17)26)14-28-29-25(30)19-10-9-18(31-2)13-22(19)32-3/h5-14H,4,15H2,1-3H3,(H,29,30)/b28-14-. The molecule has 1 amide bonds. The number of carbonyl (C=O) groups is 1. The summed E-state index contributed by atoms with van der Waals surface area (Å²) in [5.74, 6) is 1.76. The molecule has 0 saturated heterocycles. The fraction of sp³-hybridized carbons (Fsp3) is 0.200. The van der Waals surface area contributed by atoms with Gasteiger partial charge in [-0.3, -0.25) is 4.79 Å². The minimum Gasteiger partial charge on any atom is -0.497 e. The Labute approximate surface area is 217 Å². The number of rotatable bonds is 10. The van der Waals surface area contributed by atoms with E-state index in [-0.39, 0.29) is 0 Å². The van der Waals surface area contributed by atoms with Gasteiger partial charge in [0, 0.05) is 16.7 Å². The van der Waals surface area contributed by atoms with Crippen LogP contribution < -0.4 is 24.4 Å². The lowest BCUT2D eigenvalue weighted by Crippen LogP contribution is -2.18. The number of hydrazone groups is 1. The van der Waals surface area contributed by atoms with Crippen molar-refractivity contribution >= 4 is 46.3 Å². The van der Waals surface area contributed by atoms with Gasteiger partial charge in [0.25, 0.3) is 5.91 Å². The first-order chi connectivity index (χ1) is 16.5. The molecule has 3 aromatic rings. The largest absolute Gasteiger partial charge is 0.497 e. The third-order valence-corrected chi connectivity index (χ3v) is 5.86. The number of halogens is 2. The lowest BCUT2D eigenvalue weighted by Gasteiger charge is -2.15. The van der Waals surface area contributed by atoms with Crippen LogP contribution in [0.2, 0.25) is 5.02 Å². The molecular weight excluding hydrogens is 571 g/mol. The van der Waals surface area contributed by atoms with E-state index in [0.29, 0.717) is 46.8 Å². The molecule has 0 aromatic heterocycles. The molecular formula is C25H24ClIN2O5. The van der Waals surface area contributed by atoms with Gasteiger partial charge in [-0.1, -0.05) is 29.8 Å². The number of nitrogens with one attached hydrogen (secondary N) is 1. The molecule has 9 heteroatoms. The van der Waals surface area contributed by atoms with Crippen LogP contribution in [0.15, 0.2) is 59.7 Å². The molecule has 3 aromatic carbocycles. The first-order valence-electron chi connectivity index (χ1n) is 10.3. The van der Waals surface area contributed by atoms with E-state index in [4.69, 9.17) is 30.5 Å². The van der Waals surface area contributed by atoms with Gasteiger partial charge in [0.1, 0.15) is 18.1 Å². The van der Waals surface area contributed by atoms with Crippen molar-refractivity contribution < 1.29 is 23.7 Å². The second kappa shape index (κ2) is 12.5. The van der Waals surface area contributed by atoms with Crippen molar-refractivity contribution in [1.29, 1.82) is 0 Å². The molecule has 0 aliphatic rings. The highest BCUT2D eigenvalue weighted by molar-refractivity contribution is 14.1. The van der Waals surface area contributed by atoms with Crippen LogP contribution in [0.1, 0.15) is 28.4 Å². The van der Waals surface area contributed by atoms with Crippen molar-refractivity contribution in [1.82, 2.24) is 5.43 Å². The number of amides is 1. The van der Waals surface area contributed by atoms with Gasteiger partial charge in [0.15, 0.2) is 11.5 Å². The minimum absolute atomic E-state index is 0.308. The molecule has 7 nitrogen and oxygen atoms in total. The first kappa shape index (κ1) is 25.6. The van der Waals surface area contributed by atoms with Crippen LogP contribution >= 0.6 is 34.2 Å². The van der Waals surface area contributed by atoms with E-state index in [1.807, 2.05) is 37.3 Å². The van der Waals surface area contributed by atoms with Crippen molar-refractivity contribution in [3.63, 3.8) is 0 Å². The Morgan fingerprint density at radius 1 is 1.06 bits per heavy atom. The summed E-state index contributed by atoms with van der Waals surface area (Å²) in [4.78, 5) is 12.5. The Kier molecular flexibility index (Phi) is 9.41.